The van der Waals surface area contributed by atoms with Gasteiger partial charge in [0, 0.05) is 17.3 Å². The van der Waals surface area contributed by atoms with Gasteiger partial charge in [-0.1, -0.05) is 18.2 Å². The van der Waals surface area contributed by atoms with Gasteiger partial charge in [-0.25, -0.2) is 17.9 Å². The van der Waals surface area contributed by atoms with E-state index in [9.17, 15) is 13.2 Å². The summed E-state index contributed by atoms with van der Waals surface area (Å²) in [4.78, 5) is 17.0. The van der Waals surface area contributed by atoms with Crippen molar-refractivity contribution in [2.75, 3.05) is 10.0 Å². The second-order valence-corrected chi connectivity index (χ2v) is 8.56. The number of nitrogens with one attached hydrogen (secondary N) is 2. The van der Waals surface area contributed by atoms with Crippen molar-refractivity contribution < 1.29 is 13.2 Å². The Morgan fingerprint density at radius 1 is 1.03 bits per heavy atom. The maximum Gasteiger partial charge on any atom is 0.261 e. The number of amides is 1. The molecule has 0 aliphatic carbocycles. The molecule has 0 aliphatic heterocycles. The Labute approximate surface area is 173 Å². The molecular formula is C21H19N5O3S. The van der Waals surface area contributed by atoms with Crippen molar-refractivity contribution >= 4 is 33.0 Å². The average Bonchev–Trinajstić information content (AvgIpc) is 3.15. The number of carbonyl (C=O) groups is 1. The molecule has 0 saturated heterocycles. The van der Waals surface area contributed by atoms with E-state index in [4.69, 9.17) is 0 Å². The van der Waals surface area contributed by atoms with Gasteiger partial charge in [0.25, 0.3) is 15.9 Å². The molecule has 9 heteroatoms. The molecule has 0 spiro atoms. The number of sulfonamides is 1. The second-order valence-electron chi connectivity index (χ2n) is 6.88. The Morgan fingerprint density at radius 3 is 2.67 bits per heavy atom. The molecule has 2 aromatic heterocycles. The summed E-state index contributed by atoms with van der Waals surface area (Å²) in [6.45, 7) is 3.62. The van der Waals surface area contributed by atoms with Gasteiger partial charge in [-0.15, -0.1) is 0 Å². The molecule has 0 bridgehead atoms. The van der Waals surface area contributed by atoms with Crippen LogP contribution in [-0.2, 0) is 10.0 Å². The molecule has 152 valence electrons. The first-order chi connectivity index (χ1) is 14.3. The lowest BCUT2D eigenvalue weighted by Gasteiger charge is -2.12. The number of hydrogen-bond donors (Lipinski definition) is 2. The van der Waals surface area contributed by atoms with Crippen LogP contribution in [0.25, 0.3) is 5.65 Å². The number of fused-ring (bicyclic) bond motifs is 1. The Bertz CT molecular complexity index is 1360. The Balaban J connectivity index is 1.61. The normalized spacial score (nSPS) is 11.4. The number of anilines is 2. The predicted molar refractivity (Wildman–Crippen MR) is 114 cm³/mol. The number of rotatable bonds is 5. The van der Waals surface area contributed by atoms with E-state index in [1.807, 2.05) is 13.0 Å². The maximum atomic E-state index is 12.8. The highest BCUT2D eigenvalue weighted by atomic mass is 32.2. The SMILES string of the molecule is Cc1cccc(NS(=O)(=O)c2ccc(C)c(C(=O)Nc3cnc4ccnn4c3)c2)c1. The van der Waals surface area contributed by atoms with Crippen molar-refractivity contribution in [3.63, 3.8) is 0 Å². The summed E-state index contributed by atoms with van der Waals surface area (Å²) in [6, 6.07) is 13.2. The van der Waals surface area contributed by atoms with Crippen LogP contribution in [0.2, 0.25) is 0 Å². The minimum atomic E-state index is -3.85. The molecule has 2 N–H and O–H groups in total. The predicted octanol–water partition coefficient (Wildman–Crippen LogP) is 3.40. The lowest BCUT2D eigenvalue weighted by molar-refractivity contribution is 0.102. The van der Waals surface area contributed by atoms with Gasteiger partial charge in [0.1, 0.15) is 0 Å². The molecule has 4 aromatic rings. The van der Waals surface area contributed by atoms with Crippen molar-refractivity contribution in [3.8, 4) is 0 Å². The summed E-state index contributed by atoms with van der Waals surface area (Å²) in [7, 11) is -3.85. The summed E-state index contributed by atoms with van der Waals surface area (Å²) in [6.07, 6.45) is 4.76. The van der Waals surface area contributed by atoms with Gasteiger partial charge in [-0.05, 0) is 49.2 Å². The highest BCUT2D eigenvalue weighted by Crippen LogP contribution is 2.21. The summed E-state index contributed by atoms with van der Waals surface area (Å²) in [5.41, 5.74) is 3.39. The van der Waals surface area contributed by atoms with Gasteiger partial charge in [0.15, 0.2) is 5.65 Å². The zero-order valence-corrected chi connectivity index (χ0v) is 17.1. The molecule has 30 heavy (non-hydrogen) atoms. The topological polar surface area (TPSA) is 105 Å². The number of hydrogen-bond acceptors (Lipinski definition) is 5. The molecular weight excluding hydrogens is 402 g/mol. The van der Waals surface area contributed by atoms with Crippen molar-refractivity contribution in [3.05, 3.63) is 83.8 Å². The molecule has 0 fully saturated rings. The second kappa shape index (κ2) is 7.60. The van der Waals surface area contributed by atoms with Gasteiger partial charge in [-0.3, -0.25) is 9.52 Å². The number of aromatic nitrogens is 3. The number of nitrogens with zero attached hydrogens (tertiary/aromatic N) is 3. The van der Waals surface area contributed by atoms with E-state index < -0.39 is 15.9 Å². The van der Waals surface area contributed by atoms with Gasteiger partial charge >= 0.3 is 0 Å². The van der Waals surface area contributed by atoms with Gasteiger partial charge in [-0.2, -0.15) is 5.10 Å². The lowest BCUT2D eigenvalue weighted by Crippen LogP contribution is -2.17. The molecule has 0 saturated carbocycles. The summed E-state index contributed by atoms with van der Waals surface area (Å²) in [5.74, 6) is -0.437. The minimum Gasteiger partial charge on any atom is -0.319 e. The molecule has 0 radical (unpaired) electrons. The molecule has 0 atom stereocenters. The van der Waals surface area contributed by atoms with E-state index in [0.29, 0.717) is 22.6 Å². The highest BCUT2D eigenvalue weighted by Gasteiger charge is 2.19. The lowest BCUT2D eigenvalue weighted by atomic mass is 10.1. The van der Waals surface area contributed by atoms with Gasteiger partial charge < -0.3 is 5.32 Å². The minimum absolute atomic E-state index is 0.000379. The van der Waals surface area contributed by atoms with Crippen LogP contribution >= 0.6 is 0 Å². The van der Waals surface area contributed by atoms with Crippen LogP contribution in [0.5, 0.6) is 0 Å². The maximum absolute atomic E-state index is 12.8. The van der Waals surface area contributed by atoms with Crippen LogP contribution in [0, 0.1) is 13.8 Å². The van der Waals surface area contributed by atoms with Crippen molar-refractivity contribution in [1.82, 2.24) is 14.6 Å². The van der Waals surface area contributed by atoms with E-state index in [-0.39, 0.29) is 10.5 Å². The molecule has 0 aliphatic rings. The molecule has 8 nitrogen and oxygen atoms in total. The fourth-order valence-corrected chi connectivity index (χ4v) is 4.08. The first kappa shape index (κ1) is 19.6. The quantitative estimate of drug-likeness (QED) is 0.514. The van der Waals surface area contributed by atoms with Crippen molar-refractivity contribution in [2.24, 2.45) is 0 Å². The fraction of sp³-hybridized carbons (Fsp3) is 0.0952. The van der Waals surface area contributed by atoms with Crippen LogP contribution in [0.1, 0.15) is 21.5 Å². The first-order valence-electron chi connectivity index (χ1n) is 9.13. The van der Waals surface area contributed by atoms with Crippen LogP contribution in [0.3, 0.4) is 0 Å². The summed E-state index contributed by atoms with van der Waals surface area (Å²) in [5, 5.41) is 6.82. The number of benzene rings is 2. The summed E-state index contributed by atoms with van der Waals surface area (Å²) < 4.78 is 29.7. The van der Waals surface area contributed by atoms with Crippen molar-refractivity contribution in [1.29, 1.82) is 0 Å². The van der Waals surface area contributed by atoms with Gasteiger partial charge in [0.2, 0.25) is 0 Å². The van der Waals surface area contributed by atoms with E-state index >= 15 is 0 Å². The molecule has 4 rings (SSSR count). The van der Waals surface area contributed by atoms with Gasteiger partial charge in [0.05, 0.1) is 29.2 Å². The zero-order chi connectivity index (χ0) is 21.3. The number of carbonyl (C=O) groups excluding carboxylic acids is 1. The molecule has 2 heterocycles. The van der Waals surface area contributed by atoms with E-state index in [2.05, 4.69) is 20.1 Å². The smallest absolute Gasteiger partial charge is 0.261 e. The van der Waals surface area contributed by atoms with Crippen LogP contribution in [0.15, 0.2) is 72.0 Å². The third-order valence-corrected chi connectivity index (χ3v) is 5.92. The van der Waals surface area contributed by atoms with Crippen LogP contribution < -0.4 is 10.0 Å². The van der Waals surface area contributed by atoms with E-state index in [0.717, 1.165) is 5.56 Å². The third-order valence-electron chi connectivity index (χ3n) is 4.54. The molecule has 1 amide bonds. The monoisotopic (exact) mass is 421 g/mol. The Morgan fingerprint density at radius 2 is 1.87 bits per heavy atom. The molecule has 2 aromatic carbocycles. The average molecular weight is 421 g/mol. The summed E-state index contributed by atoms with van der Waals surface area (Å²) >= 11 is 0. The van der Waals surface area contributed by atoms with Crippen molar-refractivity contribution in [2.45, 2.75) is 18.7 Å². The number of aryl methyl sites for hydroxylation is 2. The largest absolute Gasteiger partial charge is 0.319 e. The van der Waals surface area contributed by atoms with E-state index in [1.165, 1.54) is 22.8 Å². The van der Waals surface area contributed by atoms with Crippen LogP contribution in [0.4, 0.5) is 11.4 Å². The van der Waals surface area contributed by atoms with E-state index in [1.54, 1.807) is 49.6 Å². The Kier molecular flexibility index (Phi) is 4.96. The fourth-order valence-electron chi connectivity index (χ4n) is 3.01. The zero-order valence-electron chi connectivity index (χ0n) is 16.3. The first-order valence-corrected chi connectivity index (χ1v) is 10.6. The molecule has 0 unspecified atom stereocenters. The highest BCUT2D eigenvalue weighted by molar-refractivity contribution is 7.92. The van der Waals surface area contributed by atoms with Crippen LogP contribution in [-0.4, -0.2) is 28.9 Å². The standard InChI is InChI=1S/C21H19N5O3S/c1-14-4-3-5-16(10-14)25-30(28,29)18-7-6-15(2)19(11-18)21(27)24-17-12-22-20-8-9-23-26(20)13-17/h3-13,25H,1-2H3,(H,24,27). The Hall–Kier alpha value is -3.72. The third kappa shape index (κ3) is 4.01.